The highest BCUT2D eigenvalue weighted by Gasteiger charge is 2.19. The fraction of sp³-hybridized carbons (Fsp3) is 0.312. The summed E-state index contributed by atoms with van der Waals surface area (Å²) in [4.78, 5) is 6.75. The highest BCUT2D eigenvalue weighted by atomic mass is 15.2. The molecular weight excluding hydrogens is 234 g/mol. The first-order valence-electron chi connectivity index (χ1n) is 6.70. The average Bonchev–Trinajstić information content (AvgIpc) is 2.45. The van der Waals surface area contributed by atoms with Gasteiger partial charge in [-0.3, -0.25) is 4.98 Å². The van der Waals surface area contributed by atoms with Crippen LogP contribution in [0.2, 0.25) is 0 Å². The molecular formula is C16H21N3. The summed E-state index contributed by atoms with van der Waals surface area (Å²) in [6.07, 6.45) is 1.82. The van der Waals surface area contributed by atoms with Crippen molar-refractivity contribution in [1.29, 1.82) is 0 Å². The Labute approximate surface area is 115 Å². The van der Waals surface area contributed by atoms with E-state index < -0.39 is 0 Å². The number of nitrogens with two attached hydrogens (primary N) is 1. The zero-order valence-corrected chi connectivity index (χ0v) is 11.6. The van der Waals surface area contributed by atoms with Gasteiger partial charge in [-0.25, -0.2) is 0 Å². The van der Waals surface area contributed by atoms with E-state index in [0.29, 0.717) is 6.54 Å². The lowest BCUT2D eigenvalue weighted by Crippen LogP contribution is -2.34. The van der Waals surface area contributed by atoms with E-state index in [2.05, 4.69) is 48.0 Å². The van der Waals surface area contributed by atoms with Crippen molar-refractivity contribution in [3.8, 4) is 0 Å². The lowest BCUT2D eigenvalue weighted by Gasteiger charge is -2.31. The molecule has 100 valence electrons. The van der Waals surface area contributed by atoms with Crippen LogP contribution in [0.1, 0.15) is 24.2 Å². The number of likely N-dealkylation sites (N-methyl/N-ethyl adjacent to an activating group) is 1. The molecule has 0 fully saturated rings. The summed E-state index contributed by atoms with van der Waals surface area (Å²) in [6, 6.07) is 14.6. The SMILES string of the molecule is CCN(c1cccc(C)c1)C(CN)c1ccccn1. The molecule has 0 aliphatic rings. The molecule has 1 unspecified atom stereocenters. The van der Waals surface area contributed by atoms with Crippen molar-refractivity contribution in [2.75, 3.05) is 18.0 Å². The summed E-state index contributed by atoms with van der Waals surface area (Å²) in [6.45, 7) is 5.71. The molecule has 2 rings (SSSR count). The van der Waals surface area contributed by atoms with Crippen molar-refractivity contribution in [3.05, 3.63) is 59.9 Å². The van der Waals surface area contributed by atoms with Crippen LogP contribution in [0, 0.1) is 6.92 Å². The molecule has 3 nitrogen and oxygen atoms in total. The Morgan fingerprint density at radius 1 is 1.21 bits per heavy atom. The zero-order valence-electron chi connectivity index (χ0n) is 11.6. The first kappa shape index (κ1) is 13.6. The van der Waals surface area contributed by atoms with Crippen LogP contribution >= 0.6 is 0 Å². The third-order valence-electron chi connectivity index (χ3n) is 3.30. The van der Waals surface area contributed by atoms with Gasteiger partial charge >= 0.3 is 0 Å². The normalized spacial score (nSPS) is 12.2. The van der Waals surface area contributed by atoms with E-state index in [4.69, 9.17) is 5.73 Å². The van der Waals surface area contributed by atoms with Crippen molar-refractivity contribution in [1.82, 2.24) is 4.98 Å². The van der Waals surface area contributed by atoms with Crippen molar-refractivity contribution in [2.45, 2.75) is 19.9 Å². The molecule has 19 heavy (non-hydrogen) atoms. The van der Waals surface area contributed by atoms with E-state index in [9.17, 15) is 0 Å². The maximum absolute atomic E-state index is 5.97. The predicted molar refractivity (Wildman–Crippen MR) is 80.2 cm³/mol. The lowest BCUT2D eigenvalue weighted by molar-refractivity contribution is 0.626. The number of anilines is 1. The van der Waals surface area contributed by atoms with E-state index in [1.807, 2.05) is 24.4 Å². The maximum atomic E-state index is 5.97. The Morgan fingerprint density at radius 2 is 2.05 bits per heavy atom. The Kier molecular flexibility index (Phi) is 4.53. The molecule has 2 aromatic rings. The number of benzene rings is 1. The fourth-order valence-corrected chi connectivity index (χ4v) is 2.37. The molecule has 0 saturated heterocycles. The third kappa shape index (κ3) is 3.12. The topological polar surface area (TPSA) is 42.1 Å². The summed E-state index contributed by atoms with van der Waals surface area (Å²) in [5, 5.41) is 0. The first-order chi connectivity index (χ1) is 9.26. The molecule has 1 atom stereocenters. The molecule has 0 saturated carbocycles. The summed E-state index contributed by atoms with van der Waals surface area (Å²) in [5.41, 5.74) is 9.45. The van der Waals surface area contributed by atoms with Crippen LogP contribution < -0.4 is 10.6 Å². The van der Waals surface area contributed by atoms with E-state index >= 15 is 0 Å². The van der Waals surface area contributed by atoms with Gasteiger partial charge < -0.3 is 10.6 Å². The largest absolute Gasteiger partial charge is 0.362 e. The average molecular weight is 255 g/mol. The van der Waals surface area contributed by atoms with Gasteiger partial charge in [-0.2, -0.15) is 0 Å². The number of nitrogens with zero attached hydrogens (tertiary/aromatic N) is 2. The smallest absolute Gasteiger partial charge is 0.0835 e. The number of aromatic nitrogens is 1. The number of hydrogen-bond donors (Lipinski definition) is 1. The number of rotatable bonds is 5. The van der Waals surface area contributed by atoms with Crippen molar-refractivity contribution in [3.63, 3.8) is 0 Å². The third-order valence-corrected chi connectivity index (χ3v) is 3.30. The quantitative estimate of drug-likeness (QED) is 0.893. The van der Waals surface area contributed by atoms with Crippen molar-refractivity contribution >= 4 is 5.69 Å². The molecule has 1 heterocycles. The van der Waals surface area contributed by atoms with E-state index in [1.54, 1.807) is 0 Å². The lowest BCUT2D eigenvalue weighted by atomic mass is 10.1. The molecule has 3 heteroatoms. The van der Waals surface area contributed by atoms with Crippen LogP contribution in [-0.4, -0.2) is 18.1 Å². The number of pyridine rings is 1. The summed E-state index contributed by atoms with van der Waals surface area (Å²) < 4.78 is 0. The number of aryl methyl sites for hydroxylation is 1. The van der Waals surface area contributed by atoms with E-state index in [0.717, 1.165) is 12.2 Å². The molecule has 0 amide bonds. The minimum absolute atomic E-state index is 0.119. The highest BCUT2D eigenvalue weighted by Crippen LogP contribution is 2.25. The Morgan fingerprint density at radius 3 is 2.63 bits per heavy atom. The second-order valence-electron chi connectivity index (χ2n) is 4.63. The van der Waals surface area contributed by atoms with Crippen molar-refractivity contribution in [2.24, 2.45) is 5.73 Å². The molecule has 0 spiro atoms. The van der Waals surface area contributed by atoms with E-state index in [-0.39, 0.29) is 6.04 Å². The van der Waals surface area contributed by atoms with Gasteiger partial charge in [-0.1, -0.05) is 18.2 Å². The molecule has 1 aromatic carbocycles. The van der Waals surface area contributed by atoms with Crippen LogP contribution in [0.4, 0.5) is 5.69 Å². The van der Waals surface area contributed by atoms with Gasteiger partial charge in [0, 0.05) is 25.0 Å². The van der Waals surface area contributed by atoms with Gasteiger partial charge in [0.2, 0.25) is 0 Å². The Bertz CT molecular complexity index is 510. The molecule has 0 radical (unpaired) electrons. The monoisotopic (exact) mass is 255 g/mol. The van der Waals surface area contributed by atoms with Gasteiger partial charge in [0.15, 0.2) is 0 Å². The zero-order chi connectivity index (χ0) is 13.7. The first-order valence-corrected chi connectivity index (χ1v) is 6.70. The van der Waals surface area contributed by atoms with Gasteiger partial charge in [0.05, 0.1) is 11.7 Å². The van der Waals surface area contributed by atoms with Gasteiger partial charge in [-0.05, 0) is 43.7 Å². The van der Waals surface area contributed by atoms with Gasteiger partial charge in [-0.15, -0.1) is 0 Å². The summed E-state index contributed by atoms with van der Waals surface area (Å²) in [5.74, 6) is 0. The summed E-state index contributed by atoms with van der Waals surface area (Å²) in [7, 11) is 0. The highest BCUT2D eigenvalue weighted by molar-refractivity contribution is 5.50. The Hall–Kier alpha value is -1.87. The Balaban J connectivity index is 2.34. The predicted octanol–water partition coefficient (Wildman–Crippen LogP) is 2.92. The van der Waals surface area contributed by atoms with E-state index in [1.165, 1.54) is 11.3 Å². The van der Waals surface area contributed by atoms with Gasteiger partial charge in [0.1, 0.15) is 0 Å². The summed E-state index contributed by atoms with van der Waals surface area (Å²) >= 11 is 0. The molecule has 2 N–H and O–H groups in total. The molecule has 0 aliphatic heterocycles. The van der Waals surface area contributed by atoms with Crippen LogP contribution in [-0.2, 0) is 0 Å². The van der Waals surface area contributed by atoms with Crippen LogP contribution in [0.15, 0.2) is 48.7 Å². The minimum Gasteiger partial charge on any atom is -0.362 e. The standard InChI is InChI=1S/C16H21N3/c1-3-19(14-8-6-7-13(2)11-14)16(12-17)15-9-4-5-10-18-15/h4-11,16H,3,12,17H2,1-2H3. The number of hydrogen-bond acceptors (Lipinski definition) is 3. The molecule has 1 aromatic heterocycles. The maximum Gasteiger partial charge on any atom is 0.0835 e. The minimum atomic E-state index is 0.119. The fourth-order valence-electron chi connectivity index (χ4n) is 2.37. The van der Waals surface area contributed by atoms with Crippen molar-refractivity contribution < 1.29 is 0 Å². The second-order valence-corrected chi connectivity index (χ2v) is 4.63. The molecule has 0 bridgehead atoms. The van der Waals surface area contributed by atoms with Crippen LogP contribution in [0.3, 0.4) is 0 Å². The van der Waals surface area contributed by atoms with Crippen LogP contribution in [0.5, 0.6) is 0 Å². The molecule has 0 aliphatic carbocycles. The van der Waals surface area contributed by atoms with Gasteiger partial charge in [0.25, 0.3) is 0 Å². The van der Waals surface area contributed by atoms with Crippen LogP contribution in [0.25, 0.3) is 0 Å². The second kappa shape index (κ2) is 6.34.